The fraction of sp³-hybridized carbons (Fsp3) is 0.303. The topological polar surface area (TPSA) is 134 Å². The molecule has 0 saturated carbocycles. The molecule has 2 aromatic carbocycles. The van der Waals surface area contributed by atoms with Crippen molar-refractivity contribution in [3.63, 3.8) is 0 Å². The van der Waals surface area contributed by atoms with Gasteiger partial charge in [0.2, 0.25) is 0 Å². The molecular formula is C33H39N7O4S. The van der Waals surface area contributed by atoms with Gasteiger partial charge in [0.1, 0.15) is 5.75 Å². The highest BCUT2D eigenvalue weighted by atomic mass is 32.1. The van der Waals surface area contributed by atoms with Crippen LogP contribution in [0.3, 0.4) is 0 Å². The van der Waals surface area contributed by atoms with E-state index >= 15 is 0 Å². The highest BCUT2D eigenvalue weighted by molar-refractivity contribution is 7.03. The van der Waals surface area contributed by atoms with Crippen molar-refractivity contribution in [2.45, 2.75) is 47.6 Å². The van der Waals surface area contributed by atoms with Crippen LogP contribution >= 0.6 is 11.5 Å². The van der Waals surface area contributed by atoms with Crippen molar-refractivity contribution in [1.82, 2.24) is 19.2 Å². The average Bonchev–Trinajstić information content (AvgIpc) is 3.35. The summed E-state index contributed by atoms with van der Waals surface area (Å²) in [6.07, 6.45) is 6.21. The van der Waals surface area contributed by atoms with E-state index in [1.165, 1.54) is 3.96 Å². The average molecular weight is 630 g/mol. The maximum Gasteiger partial charge on any atom is 0.338 e. The fourth-order valence-corrected chi connectivity index (χ4v) is 4.97. The van der Waals surface area contributed by atoms with Crippen LogP contribution in [0, 0.1) is 5.41 Å². The number of carbonyl (C=O) groups excluding carboxylic acids is 1. The van der Waals surface area contributed by atoms with Gasteiger partial charge in [-0.05, 0) is 65.7 Å². The van der Waals surface area contributed by atoms with Gasteiger partial charge in [-0.15, -0.1) is 0 Å². The maximum absolute atomic E-state index is 12.9. The zero-order valence-electron chi connectivity index (χ0n) is 26.2. The van der Waals surface area contributed by atoms with E-state index in [0.717, 1.165) is 46.2 Å². The van der Waals surface area contributed by atoms with Gasteiger partial charge in [-0.1, -0.05) is 46.8 Å². The Kier molecular flexibility index (Phi) is 11.1. The van der Waals surface area contributed by atoms with E-state index in [9.17, 15) is 14.4 Å². The Morgan fingerprint density at radius 1 is 0.956 bits per heavy atom. The third-order valence-electron chi connectivity index (χ3n) is 6.61. The van der Waals surface area contributed by atoms with E-state index in [1.807, 2.05) is 73.5 Å². The minimum absolute atomic E-state index is 0.262. The minimum atomic E-state index is -0.421. The summed E-state index contributed by atoms with van der Waals surface area (Å²) in [5, 5.41) is 12.5. The third-order valence-corrected chi connectivity index (χ3v) is 7.40. The zero-order valence-corrected chi connectivity index (χ0v) is 27.0. The molecule has 0 radical (unpaired) electrons. The Balaban J connectivity index is 0.00000226. The van der Waals surface area contributed by atoms with Crippen LogP contribution < -0.4 is 30.9 Å². The molecule has 2 amide bonds. The van der Waals surface area contributed by atoms with Gasteiger partial charge in [0, 0.05) is 47.1 Å². The van der Waals surface area contributed by atoms with Gasteiger partial charge in [-0.3, -0.25) is 19.8 Å². The predicted octanol–water partition coefficient (Wildman–Crippen LogP) is 5.62. The van der Waals surface area contributed by atoms with E-state index < -0.39 is 5.69 Å². The predicted molar refractivity (Wildman–Crippen MR) is 180 cm³/mol. The lowest BCUT2D eigenvalue weighted by Crippen LogP contribution is -2.38. The molecule has 0 fully saturated rings. The van der Waals surface area contributed by atoms with Crippen LogP contribution in [0.5, 0.6) is 5.75 Å². The molecule has 0 spiro atoms. The molecule has 4 aromatic rings. The number of pyridine rings is 1. The van der Waals surface area contributed by atoms with Crippen molar-refractivity contribution < 1.29 is 9.53 Å². The van der Waals surface area contributed by atoms with Crippen LogP contribution in [0.1, 0.15) is 45.7 Å². The number of amides is 2. The second-order valence-electron chi connectivity index (χ2n) is 11.0. The zero-order chi connectivity index (χ0) is 32.4. The molecule has 2 aromatic heterocycles. The number of aromatic amines is 1. The Hall–Kier alpha value is -4.97. The van der Waals surface area contributed by atoms with Gasteiger partial charge in [0.15, 0.2) is 0 Å². The van der Waals surface area contributed by atoms with Crippen molar-refractivity contribution in [2.75, 3.05) is 23.5 Å². The van der Waals surface area contributed by atoms with Crippen LogP contribution in [-0.4, -0.2) is 38.8 Å². The van der Waals surface area contributed by atoms with Crippen molar-refractivity contribution in [3.8, 4) is 5.75 Å². The number of carbonyl (C=O) groups is 1. The number of H-pyrrole nitrogens is 1. The number of nitrogens with one attached hydrogen (secondary N) is 3. The number of rotatable bonds is 9. The maximum atomic E-state index is 12.9. The number of ether oxygens (including phenoxy) is 1. The van der Waals surface area contributed by atoms with Gasteiger partial charge in [0.05, 0.1) is 31.1 Å². The number of benzene rings is 2. The summed E-state index contributed by atoms with van der Waals surface area (Å²) in [6, 6.07) is 18.4. The number of urea groups is 1. The molecule has 1 aliphatic heterocycles. The summed E-state index contributed by atoms with van der Waals surface area (Å²) in [6.45, 7) is 11.4. The summed E-state index contributed by atoms with van der Waals surface area (Å²) in [5.41, 5.74) is 4.32. The van der Waals surface area contributed by atoms with Crippen molar-refractivity contribution in [2.24, 2.45) is 10.5 Å². The molecule has 12 heteroatoms. The van der Waals surface area contributed by atoms with E-state index in [-0.39, 0.29) is 16.3 Å². The minimum Gasteiger partial charge on any atom is -0.493 e. The van der Waals surface area contributed by atoms with Gasteiger partial charge in [0.25, 0.3) is 0 Å². The first-order valence-electron chi connectivity index (χ1n) is 14.8. The first-order valence-corrected chi connectivity index (χ1v) is 15.6. The van der Waals surface area contributed by atoms with Crippen LogP contribution in [0.4, 0.5) is 16.2 Å². The Bertz CT molecular complexity index is 1730. The smallest absolute Gasteiger partial charge is 0.338 e. The molecule has 5 rings (SSSR count). The van der Waals surface area contributed by atoms with E-state index in [2.05, 4.69) is 41.4 Å². The molecule has 1 aliphatic rings. The molecule has 0 aliphatic carbocycles. The molecule has 0 atom stereocenters. The number of hydrogen-bond donors (Lipinski definition) is 3. The number of anilines is 2. The summed E-state index contributed by atoms with van der Waals surface area (Å²) >= 11 is 0.853. The Morgan fingerprint density at radius 2 is 1.64 bits per heavy atom. The molecular weight excluding hydrogens is 590 g/mol. The van der Waals surface area contributed by atoms with Crippen LogP contribution in [0.15, 0.2) is 99.5 Å². The molecule has 3 heterocycles. The monoisotopic (exact) mass is 629 g/mol. The molecule has 3 N–H and O–H groups in total. The third kappa shape index (κ3) is 9.51. The number of hydrogen-bond acceptors (Lipinski definition) is 8. The highest BCUT2D eigenvalue weighted by Crippen LogP contribution is 2.26. The largest absolute Gasteiger partial charge is 0.493 e. The lowest BCUT2D eigenvalue weighted by molar-refractivity contribution is 0.254. The molecule has 0 bridgehead atoms. The number of hydrazone groups is 1. The normalized spacial score (nSPS) is 12.8. The van der Waals surface area contributed by atoms with Crippen molar-refractivity contribution in [1.29, 1.82) is 0 Å². The summed E-state index contributed by atoms with van der Waals surface area (Å²) in [4.78, 5) is 42.1. The lowest BCUT2D eigenvalue weighted by atomic mass is 9.89. The van der Waals surface area contributed by atoms with Gasteiger partial charge in [-0.2, -0.15) is 5.10 Å². The van der Waals surface area contributed by atoms with Crippen LogP contribution in [0.25, 0.3) is 0 Å². The molecule has 0 unspecified atom stereocenters. The van der Waals surface area contributed by atoms with Crippen molar-refractivity contribution in [3.05, 3.63) is 116 Å². The Labute approximate surface area is 266 Å². The number of nitrogens with zero attached hydrogens (tertiary/aromatic N) is 4. The van der Waals surface area contributed by atoms with Gasteiger partial charge in [-0.25, -0.2) is 13.5 Å². The second-order valence-corrected chi connectivity index (χ2v) is 12.0. The summed E-state index contributed by atoms with van der Waals surface area (Å²) in [7, 11) is 0. The van der Waals surface area contributed by atoms with E-state index in [1.54, 1.807) is 24.5 Å². The summed E-state index contributed by atoms with van der Waals surface area (Å²) < 4.78 is 7.20. The van der Waals surface area contributed by atoms with E-state index in [0.29, 0.717) is 31.1 Å². The molecule has 45 heavy (non-hydrogen) atoms. The standard InChI is InChI=1S/C31H33N7O4S.C2H6/c1-31(2,3)27-18-24(20-37(36-27)25-8-4-22(5-9-25)19-38-29(40)35-30(41)43-38)34-28(39)33-23-6-10-26(11-7-23)42-17-14-21-12-15-32-16-13-21;1-2/h4-13,15-16,18H,14,17,19-20H2,1-3H3,(H2,33,34,39)(H,35,40,41);1-2H3. The first-order chi connectivity index (χ1) is 21.6. The number of aromatic nitrogens is 3. The second kappa shape index (κ2) is 15.2. The summed E-state index contributed by atoms with van der Waals surface area (Å²) in [5.74, 6) is 0.721. The van der Waals surface area contributed by atoms with Crippen LogP contribution in [0.2, 0.25) is 0 Å². The lowest BCUT2D eigenvalue weighted by Gasteiger charge is -2.30. The number of allylic oxidation sites excluding steroid dienone is 1. The first kappa shape index (κ1) is 32.9. The molecule has 11 nitrogen and oxygen atoms in total. The highest BCUT2D eigenvalue weighted by Gasteiger charge is 2.25. The van der Waals surface area contributed by atoms with Crippen LogP contribution in [-0.2, 0) is 13.0 Å². The fourth-order valence-electron chi connectivity index (χ4n) is 4.29. The Morgan fingerprint density at radius 3 is 2.27 bits per heavy atom. The van der Waals surface area contributed by atoms with Gasteiger partial charge < -0.3 is 15.4 Å². The van der Waals surface area contributed by atoms with E-state index in [4.69, 9.17) is 9.84 Å². The van der Waals surface area contributed by atoms with Gasteiger partial charge >= 0.3 is 16.6 Å². The SMILES string of the molecule is CC.CC(C)(C)C1=NN(c2ccc(Cn3sc(=O)[nH]c3=O)cc2)CC(NC(=O)Nc2ccc(OCCc3ccncc3)cc2)=C1. The quantitative estimate of drug-likeness (QED) is 0.220. The van der Waals surface area contributed by atoms with Crippen molar-refractivity contribution >= 4 is 34.7 Å². The molecule has 236 valence electrons. The molecule has 0 saturated heterocycles.